The van der Waals surface area contributed by atoms with Crippen molar-refractivity contribution in [1.29, 1.82) is 0 Å². The highest BCUT2D eigenvalue weighted by Crippen LogP contribution is 2.57. The van der Waals surface area contributed by atoms with Crippen molar-refractivity contribution in [3.05, 3.63) is 0 Å². The van der Waals surface area contributed by atoms with Gasteiger partial charge in [-0.15, -0.1) is 0 Å². The highest BCUT2D eigenvalue weighted by Gasteiger charge is 2.58. The smallest absolute Gasteiger partial charge is 0.309 e. The molecule has 2 aliphatic heterocycles. The molecular formula is C12H18O4. The van der Waals surface area contributed by atoms with Gasteiger partial charge >= 0.3 is 5.97 Å². The van der Waals surface area contributed by atoms with Crippen molar-refractivity contribution in [2.45, 2.75) is 37.7 Å². The molecule has 3 rings (SSSR count). The van der Waals surface area contributed by atoms with Crippen LogP contribution in [0.15, 0.2) is 0 Å². The van der Waals surface area contributed by atoms with Crippen LogP contribution in [0, 0.1) is 11.3 Å². The fourth-order valence-corrected chi connectivity index (χ4v) is 3.29. The lowest BCUT2D eigenvalue weighted by molar-refractivity contribution is -0.153. The number of hydrogen-bond donors (Lipinski definition) is 1. The third-order valence-corrected chi connectivity index (χ3v) is 4.56. The molecule has 3 fully saturated rings. The lowest BCUT2D eigenvalue weighted by Gasteiger charge is -2.39. The molecule has 1 N–H and O–H groups in total. The van der Waals surface area contributed by atoms with Crippen LogP contribution >= 0.6 is 0 Å². The van der Waals surface area contributed by atoms with E-state index in [0.717, 1.165) is 38.7 Å². The van der Waals surface area contributed by atoms with Crippen LogP contribution in [0.2, 0.25) is 0 Å². The van der Waals surface area contributed by atoms with Gasteiger partial charge in [0.05, 0.1) is 17.6 Å². The van der Waals surface area contributed by atoms with E-state index >= 15 is 0 Å². The number of ether oxygens (including phenoxy) is 2. The second kappa shape index (κ2) is 3.44. The monoisotopic (exact) mass is 226 g/mol. The summed E-state index contributed by atoms with van der Waals surface area (Å²) in [6, 6.07) is 0. The van der Waals surface area contributed by atoms with Crippen LogP contribution < -0.4 is 0 Å². The average molecular weight is 226 g/mol. The number of rotatable bonds is 2. The Morgan fingerprint density at radius 3 is 2.62 bits per heavy atom. The molecule has 16 heavy (non-hydrogen) atoms. The molecule has 4 nitrogen and oxygen atoms in total. The van der Waals surface area contributed by atoms with Crippen LogP contribution in [0.5, 0.6) is 0 Å². The van der Waals surface area contributed by atoms with Crippen LogP contribution in [-0.4, -0.2) is 36.5 Å². The lowest BCUT2D eigenvalue weighted by atomic mass is 9.76. The van der Waals surface area contributed by atoms with Crippen LogP contribution in [0.25, 0.3) is 0 Å². The van der Waals surface area contributed by atoms with E-state index in [1.54, 1.807) is 0 Å². The van der Waals surface area contributed by atoms with E-state index < -0.39 is 11.4 Å². The summed E-state index contributed by atoms with van der Waals surface area (Å²) in [7, 11) is 0. The van der Waals surface area contributed by atoms with Gasteiger partial charge in [0.1, 0.15) is 0 Å². The minimum absolute atomic E-state index is 0.159. The number of aliphatic carboxylic acids is 1. The van der Waals surface area contributed by atoms with Crippen molar-refractivity contribution >= 4 is 5.97 Å². The normalized spacial score (nSPS) is 41.1. The Hall–Kier alpha value is -0.610. The second-order valence-corrected chi connectivity index (χ2v) is 5.49. The minimum Gasteiger partial charge on any atom is -0.481 e. The molecular weight excluding hydrogens is 208 g/mol. The summed E-state index contributed by atoms with van der Waals surface area (Å²) in [5, 5.41) is 9.32. The van der Waals surface area contributed by atoms with E-state index in [4.69, 9.17) is 9.47 Å². The largest absolute Gasteiger partial charge is 0.481 e. The van der Waals surface area contributed by atoms with Crippen molar-refractivity contribution in [2.75, 3.05) is 19.8 Å². The first-order valence-corrected chi connectivity index (χ1v) is 6.12. The van der Waals surface area contributed by atoms with E-state index in [2.05, 4.69) is 0 Å². The van der Waals surface area contributed by atoms with Gasteiger partial charge in [0, 0.05) is 19.6 Å². The van der Waals surface area contributed by atoms with Crippen molar-refractivity contribution < 1.29 is 19.4 Å². The van der Waals surface area contributed by atoms with E-state index in [0.29, 0.717) is 19.1 Å². The Balaban J connectivity index is 1.75. The van der Waals surface area contributed by atoms with Gasteiger partial charge in [-0.2, -0.15) is 0 Å². The molecule has 0 bridgehead atoms. The molecule has 0 aromatic heterocycles. The first-order valence-electron chi connectivity index (χ1n) is 6.12. The zero-order chi connectivity index (χ0) is 11.2. The van der Waals surface area contributed by atoms with Crippen molar-refractivity contribution in [1.82, 2.24) is 0 Å². The van der Waals surface area contributed by atoms with Gasteiger partial charge in [-0.3, -0.25) is 4.79 Å². The second-order valence-electron chi connectivity index (χ2n) is 5.49. The summed E-state index contributed by atoms with van der Waals surface area (Å²) in [4.78, 5) is 11.3. The molecule has 4 heteroatoms. The predicted molar refractivity (Wildman–Crippen MR) is 56.1 cm³/mol. The Kier molecular flexibility index (Phi) is 2.27. The molecule has 2 heterocycles. The Morgan fingerprint density at radius 2 is 2.06 bits per heavy atom. The highest BCUT2D eigenvalue weighted by molar-refractivity contribution is 5.78. The maximum atomic E-state index is 11.3. The van der Waals surface area contributed by atoms with Crippen LogP contribution in [0.3, 0.4) is 0 Å². The molecule has 0 radical (unpaired) electrons. The van der Waals surface area contributed by atoms with Crippen molar-refractivity contribution in [3.8, 4) is 0 Å². The molecule has 0 aromatic carbocycles. The van der Waals surface area contributed by atoms with Gasteiger partial charge in [-0.05, 0) is 31.6 Å². The van der Waals surface area contributed by atoms with Crippen molar-refractivity contribution in [2.24, 2.45) is 11.3 Å². The molecule has 2 unspecified atom stereocenters. The van der Waals surface area contributed by atoms with E-state index in [9.17, 15) is 9.90 Å². The predicted octanol–water partition coefficient (Wildman–Crippen LogP) is 1.44. The Morgan fingerprint density at radius 1 is 1.25 bits per heavy atom. The Bertz CT molecular complexity index is 302. The number of carbonyl (C=O) groups is 1. The van der Waals surface area contributed by atoms with Crippen LogP contribution in [0.1, 0.15) is 32.1 Å². The zero-order valence-electron chi connectivity index (χ0n) is 9.41. The molecule has 2 atom stereocenters. The number of carboxylic acid groups (broad SMARTS) is 1. The van der Waals surface area contributed by atoms with Gasteiger partial charge in [-0.1, -0.05) is 0 Å². The molecule has 2 saturated heterocycles. The molecule has 1 saturated carbocycles. The summed E-state index contributed by atoms with van der Waals surface area (Å²) >= 11 is 0. The van der Waals surface area contributed by atoms with Gasteiger partial charge in [0.25, 0.3) is 0 Å². The summed E-state index contributed by atoms with van der Waals surface area (Å²) in [6.45, 7) is 2.11. The third kappa shape index (κ3) is 1.47. The number of carboxylic acids is 1. The maximum Gasteiger partial charge on any atom is 0.309 e. The van der Waals surface area contributed by atoms with E-state index in [1.165, 1.54) is 0 Å². The Labute approximate surface area is 94.9 Å². The van der Waals surface area contributed by atoms with Crippen LogP contribution in [-0.2, 0) is 14.3 Å². The molecule has 0 amide bonds. The van der Waals surface area contributed by atoms with Gasteiger partial charge in [-0.25, -0.2) is 0 Å². The highest BCUT2D eigenvalue weighted by atomic mass is 16.6. The average Bonchev–Trinajstić information content (AvgIpc) is 2.98. The molecule has 1 aliphatic carbocycles. The molecule has 3 aliphatic rings. The first kappa shape index (κ1) is 10.5. The molecule has 90 valence electrons. The minimum atomic E-state index is -0.603. The standard InChI is InChI=1S/C12H18O4/c13-10(14)12(2-3-12)9-1-5-16-11(7-9)4-6-15-8-11/h9H,1-8H2,(H,13,14). The molecule has 0 aromatic rings. The fraction of sp³-hybridized carbons (Fsp3) is 0.917. The van der Waals surface area contributed by atoms with E-state index in [1.807, 2.05) is 0 Å². The molecule has 1 spiro atoms. The zero-order valence-corrected chi connectivity index (χ0v) is 9.41. The third-order valence-electron chi connectivity index (χ3n) is 4.56. The first-order chi connectivity index (χ1) is 7.67. The summed E-state index contributed by atoms with van der Waals surface area (Å²) in [5.74, 6) is -0.311. The summed E-state index contributed by atoms with van der Waals surface area (Å²) in [6.07, 6.45) is 4.40. The van der Waals surface area contributed by atoms with Gasteiger partial charge in [0.15, 0.2) is 0 Å². The topological polar surface area (TPSA) is 55.8 Å². The van der Waals surface area contributed by atoms with Gasteiger partial charge < -0.3 is 14.6 Å². The van der Waals surface area contributed by atoms with Crippen LogP contribution in [0.4, 0.5) is 0 Å². The quantitative estimate of drug-likeness (QED) is 0.774. The summed E-state index contributed by atoms with van der Waals surface area (Å²) < 4.78 is 11.2. The number of hydrogen-bond acceptors (Lipinski definition) is 3. The van der Waals surface area contributed by atoms with Gasteiger partial charge in [0.2, 0.25) is 0 Å². The maximum absolute atomic E-state index is 11.3. The van der Waals surface area contributed by atoms with Crippen molar-refractivity contribution in [3.63, 3.8) is 0 Å². The lowest BCUT2D eigenvalue weighted by Crippen LogP contribution is -2.44. The fourth-order valence-electron chi connectivity index (χ4n) is 3.29. The van der Waals surface area contributed by atoms with E-state index in [-0.39, 0.29) is 5.60 Å². The summed E-state index contributed by atoms with van der Waals surface area (Å²) in [5.41, 5.74) is -0.576. The SMILES string of the molecule is O=C(O)C1(C2CCOC3(CCOC3)C2)CC1.